The number of benzene rings is 4. The molecule has 1 aromatic heterocycles. The van der Waals surface area contributed by atoms with Crippen molar-refractivity contribution in [2.24, 2.45) is 0 Å². The summed E-state index contributed by atoms with van der Waals surface area (Å²) in [4.78, 5) is 45.4. The van der Waals surface area contributed by atoms with Crippen LogP contribution in [0.15, 0.2) is 107 Å². The fourth-order valence-electron chi connectivity index (χ4n) is 4.96. The van der Waals surface area contributed by atoms with Crippen LogP contribution in [0.4, 0.5) is 10.8 Å². The topological polar surface area (TPSA) is 137 Å². The highest BCUT2D eigenvalue weighted by molar-refractivity contribution is 8.00. The Bertz CT molecular complexity index is 2020. The smallest absolute Gasteiger partial charge is 0.272 e. The highest BCUT2D eigenvalue weighted by atomic mass is 32.2. The summed E-state index contributed by atoms with van der Waals surface area (Å²) < 4.78 is 21.9. The van der Waals surface area contributed by atoms with Crippen LogP contribution >= 0.6 is 23.1 Å². The Hall–Kier alpha value is -5.79. The summed E-state index contributed by atoms with van der Waals surface area (Å²) in [6.07, 6.45) is 1.52. The van der Waals surface area contributed by atoms with Gasteiger partial charge in [-0.05, 0) is 92.2 Å². The molecule has 268 valence electrons. The molecule has 3 amide bonds. The maximum absolute atomic E-state index is 13.7. The minimum Gasteiger partial charge on any atom is -0.494 e. The molecular weight excluding hydrogens is 701 g/mol. The first-order chi connectivity index (χ1) is 25.2. The average Bonchev–Trinajstić information content (AvgIpc) is 3.63. The SMILES string of the molecule is CCOc1ccc(-c2csc(NC(=O)C(C)Sc3cccc(NC(=O)/C(=C\c4cc(OC)c(OC)c(OC)c4)NC(=O)c4ccccc4)c3)n2)cc1. The van der Waals surface area contributed by atoms with Gasteiger partial charge >= 0.3 is 0 Å². The predicted molar refractivity (Wildman–Crippen MR) is 206 cm³/mol. The van der Waals surface area contributed by atoms with Crippen molar-refractivity contribution in [3.63, 3.8) is 0 Å². The van der Waals surface area contributed by atoms with Gasteiger partial charge in [-0.25, -0.2) is 4.98 Å². The molecule has 13 heteroatoms. The van der Waals surface area contributed by atoms with E-state index in [0.29, 0.717) is 45.8 Å². The predicted octanol–water partition coefficient (Wildman–Crippen LogP) is 7.76. The number of carbonyl (C=O) groups is 3. The molecule has 0 aliphatic heterocycles. The van der Waals surface area contributed by atoms with E-state index in [1.807, 2.05) is 42.6 Å². The Morgan fingerprint density at radius 2 is 1.58 bits per heavy atom. The number of nitrogens with zero attached hydrogens (tertiary/aromatic N) is 1. The van der Waals surface area contributed by atoms with Crippen molar-refractivity contribution in [3.05, 3.63) is 113 Å². The molecule has 1 atom stereocenters. The maximum atomic E-state index is 13.7. The van der Waals surface area contributed by atoms with E-state index < -0.39 is 17.1 Å². The number of hydrogen-bond acceptors (Lipinski definition) is 10. The van der Waals surface area contributed by atoms with Gasteiger partial charge in [0.05, 0.1) is 38.9 Å². The number of anilines is 2. The molecule has 0 saturated heterocycles. The van der Waals surface area contributed by atoms with Gasteiger partial charge in [-0.3, -0.25) is 14.4 Å². The molecule has 5 aromatic rings. The summed E-state index contributed by atoms with van der Waals surface area (Å²) in [5.41, 5.74) is 3.01. The number of aromatic nitrogens is 1. The first kappa shape index (κ1) is 37.5. The van der Waals surface area contributed by atoms with E-state index in [1.54, 1.807) is 67.6 Å². The van der Waals surface area contributed by atoms with Gasteiger partial charge in [0, 0.05) is 27.1 Å². The Kier molecular flexibility index (Phi) is 12.9. The lowest BCUT2D eigenvalue weighted by atomic mass is 10.1. The number of thioether (sulfide) groups is 1. The number of methoxy groups -OCH3 is 3. The number of hydrogen-bond donors (Lipinski definition) is 3. The van der Waals surface area contributed by atoms with E-state index in [9.17, 15) is 14.4 Å². The lowest BCUT2D eigenvalue weighted by molar-refractivity contribution is -0.115. The largest absolute Gasteiger partial charge is 0.494 e. The second-order valence-corrected chi connectivity index (χ2v) is 13.3. The van der Waals surface area contributed by atoms with E-state index in [4.69, 9.17) is 18.9 Å². The average molecular weight is 739 g/mol. The van der Waals surface area contributed by atoms with Crippen molar-refractivity contribution >= 4 is 57.7 Å². The van der Waals surface area contributed by atoms with Crippen LogP contribution in [-0.4, -0.2) is 55.9 Å². The molecule has 0 fully saturated rings. The Morgan fingerprint density at radius 3 is 2.23 bits per heavy atom. The lowest BCUT2D eigenvalue weighted by Crippen LogP contribution is -2.30. The van der Waals surface area contributed by atoms with Crippen molar-refractivity contribution in [1.82, 2.24) is 10.3 Å². The summed E-state index contributed by atoms with van der Waals surface area (Å²) in [6.45, 7) is 4.32. The fraction of sp³-hybridized carbons (Fsp3) is 0.179. The second kappa shape index (κ2) is 17.9. The van der Waals surface area contributed by atoms with E-state index in [0.717, 1.165) is 21.9 Å². The minimum absolute atomic E-state index is 0.0259. The molecule has 0 radical (unpaired) electrons. The third-order valence-corrected chi connectivity index (χ3v) is 9.35. The quantitative estimate of drug-likeness (QED) is 0.0727. The standard InChI is InChI=1S/C39H38N4O7S2/c1-6-50-29-17-15-26(16-18-29)32-23-51-39(42-32)43-36(44)24(2)52-30-14-10-13-28(22-30)40-38(46)31(41-37(45)27-11-8-7-9-12-27)19-25-20-33(47-3)35(49-5)34(21-25)48-4/h7-24H,6H2,1-5H3,(H,40,46)(H,41,45)(H,42,43,44)/b31-19+. The number of ether oxygens (including phenoxy) is 4. The van der Waals surface area contributed by atoms with Gasteiger partial charge in [-0.2, -0.15) is 0 Å². The normalized spacial score (nSPS) is 11.6. The number of carbonyl (C=O) groups excluding carboxylic acids is 3. The van der Waals surface area contributed by atoms with E-state index >= 15 is 0 Å². The van der Waals surface area contributed by atoms with Crippen molar-refractivity contribution in [2.45, 2.75) is 24.0 Å². The second-order valence-electron chi connectivity index (χ2n) is 11.1. The van der Waals surface area contributed by atoms with Crippen LogP contribution in [0.2, 0.25) is 0 Å². The number of amides is 3. The Labute approximate surface area is 310 Å². The monoisotopic (exact) mass is 738 g/mol. The van der Waals surface area contributed by atoms with Crippen molar-refractivity contribution in [3.8, 4) is 34.3 Å². The summed E-state index contributed by atoms with van der Waals surface area (Å²) in [5.74, 6) is 0.682. The summed E-state index contributed by atoms with van der Waals surface area (Å²) in [5, 5.41) is 10.4. The van der Waals surface area contributed by atoms with Crippen molar-refractivity contribution in [1.29, 1.82) is 0 Å². The van der Waals surface area contributed by atoms with Gasteiger partial charge in [-0.1, -0.05) is 24.3 Å². The van der Waals surface area contributed by atoms with Crippen LogP contribution in [0, 0.1) is 0 Å². The zero-order valence-electron chi connectivity index (χ0n) is 29.2. The van der Waals surface area contributed by atoms with Gasteiger partial charge in [0.2, 0.25) is 11.7 Å². The molecule has 0 bridgehead atoms. The lowest BCUT2D eigenvalue weighted by Gasteiger charge is -2.15. The molecular formula is C39H38N4O7S2. The zero-order valence-corrected chi connectivity index (χ0v) is 30.9. The third-order valence-electron chi connectivity index (χ3n) is 7.50. The van der Waals surface area contributed by atoms with Gasteiger partial charge < -0.3 is 34.9 Å². The molecule has 3 N–H and O–H groups in total. The maximum Gasteiger partial charge on any atom is 0.272 e. The first-order valence-corrected chi connectivity index (χ1v) is 17.9. The molecule has 11 nitrogen and oxygen atoms in total. The first-order valence-electron chi connectivity index (χ1n) is 16.2. The van der Waals surface area contributed by atoms with Crippen molar-refractivity contribution < 1.29 is 33.3 Å². The number of rotatable bonds is 15. The van der Waals surface area contributed by atoms with Gasteiger partial charge in [0.25, 0.3) is 11.8 Å². The summed E-state index contributed by atoms with van der Waals surface area (Å²) >= 11 is 2.67. The zero-order chi connectivity index (χ0) is 37.0. The Balaban J connectivity index is 1.29. The molecule has 1 heterocycles. The van der Waals surface area contributed by atoms with E-state index in [2.05, 4.69) is 20.9 Å². The molecule has 0 aliphatic rings. The number of nitrogens with one attached hydrogen (secondary N) is 3. The van der Waals surface area contributed by atoms with E-state index in [1.165, 1.54) is 50.5 Å². The highest BCUT2D eigenvalue weighted by Gasteiger charge is 2.20. The van der Waals surface area contributed by atoms with Crippen molar-refractivity contribution in [2.75, 3.05) is 38.6 Å². The molecule has 0 spiro atoms. The Morgan fingerprint density at radius 1 is 0.865 bits per heavy atom. The van der Waals surface area contributed by atoms with Gasteiger partial charge in [-0.15, -0.1) is 23.1 Å². The number of thiazole rings is 1. The van der Waals surface area contributed by atoms with Crippen LogP contribution in [0.25, 0.3) is 17.3 Å². The fourth-order valence-corrected chi connectivity index (χ4v) is 6.61. The van der Waals surface area contributed by atoms with Crippen LogP contribution in [0.3, 0.4) is 0 Å². The minimum atomic E-state index is -0.571. The molecule has 0 aliphatic carbocycles. The summed E-state index contributed by atoms with van der Waals surface area (Å²) in [7, 11) is 4.48. The highest BCUT2D eigenvalue weighted by Crippen LogP contribution is 2.39. The molecule has 1 unspecified atom stereocenters. The molecule has 52 heavy (non-hydrogen) atoms. The summed E-state index contributed by atoms with van der Waals surface area (Å²) in [6, 6.07) is 26.6. The molecule has 0 saturated carbocycles. The van der Waals surface area contributed by atoms with Gasteiger partial charge in [0.15, 0.2) is 16.6 Å². The van der Waals surface area contributed by atoms with Crippen LogP contribution in [0.5, 0.6) is 23.0 Å². The van der Waals surface area contributed by atoms with E-state index in [-0.39, 0.29) is 11.6 Å². The molecule has 4 aromatic carbocycles. The van der Waals surface area contributed by atoms with Gasteiger partial charge in [0.1, 0.15) is 11.4 Å². The van der Waals surface area contributed by atoms with Crippen LogP contribution in [0.1, 0.15) is 29.8 Å². The molecule has 5 rings (SSSR count). The van der Waals surface area contributed by atoms with Crippen LogP contribution in [-0.2, 0) is 9.59 Å². The third kappa shape index (κ3) is 9.71. The van der Waals surface area contributed by atoms with Crippen LogP contribution < -0.4 is 34.9 Å².